The van der Waals surface area contributed by atoms with Crippen LogP contribution in [0.4, 0.5) is 4.79 Å². The van der Waals surface area contributed by atoms with Gasteiger partial charge in [-0.15, -0.1) is 0 Å². The van der Waals surface area contributed by atoms with Crippen LogP contribution in [0.15, 0.2) is 78.9 Å². The average molecular weight is 488 g/mol. The third-order valence-electron chi connectivity index (χ3n) is 6.10. The number of hydrogen-bond donors (Lipinski definition) is 1. The summed E-state index contributed by atoms with van der Waals surface area (Å²) in [5.74, 6) is -0.647. The summed E-state index contributed by atoms with van der Waals surface area (Å²) in [5, 5.41) is 2.69. The molecule has 4 rings (SSSR count). The normalized spacial score (nSPS) is 14.3. The molecule has 0 bridgehead atoms. The van der Waals surface area contributed by atoms with Gasteiger partial charge in [0.25, 0.3) is 0 Å². The lowest BCUT2D eigenvalue weighted by Gasteiger charge is -2.28. The zero-order valence-electron chi connectivity index (χ0n) is 21.2. The lowest BCUT2D eigenvalue weighted by molar-refractivity contribution is -0.161. The lowest BCUT2D eigenvalue weighted by Crippen LogP contribution is -2.51. The van der Waals surface area contributed by atoms with Crippen molar-refractivity contribution in [2.45, 2.75) is 58.0 Å². The minimum Gasteiger partial charge on any atom is -0.458 e. The van der Waals surface area contributed by atoms with Gasteiger partial charge in [-0.25, -0.2) is 9.59 Å². The smallest absolute Gasteiger partial charge is 0.407 e. The highest BCUT2D eigenvalue weighted by Crippen LogP contribution is 2.44. The molecule has 0 saturated heterocycles. The van der Waals surface area contributed by atoms with E-state index >= 15 is 0 Å². The minimum absolute atomic E-state index is 0.0742. The van der Waals surface area contributed by atoms with E-state index < -0.39 is 29.8 Å². The molecule has 36 heavy (non-hydrogen) atoms. The maximum Gasteiger partial charge on any atom is 0.407 e. The van der Waals surface area contributed by atoms with Crippen molar-refractivity contribution in [3.8, 4) is 11.1 Å². The highest BCUT2D eigenvalue weighted by molar-refractivity contribution is 5.82. The molecule has 1 N–H and O–H groups in total. The zero-order valence-corrected chi connectivity index (χ0v) is 21.2. The Kier molecular flexibility index (Phi) is 7.75. The number of carbonyl (C=O) groups excluding carboxylic acids is 2. The molecule has 0 saturated carbocycles. The van der Waals surface area contributed by atoms with Crippen molar-refractivity contribution in [2.75, 3.05) is 6.61 Å². The average Bonchev–Trinajstić information content (AvgIpc) is 3.18. The van der Waals surface area contributed by atoms with Gasteiger partial charge in [-0.2, -0.15) is 0 Å². The Bertz CT molecular complexity index is 1160. The largest absolute Gasteiger partial charge is 0.458 e. The number of rotatable bonds is 8. The lowest BCUT2D eigenvalue weighted by atomic mass is 9.98. The SMILES string of the molecule is C[C@@H](OCc1ccccc1)[C@H](NC(=O)OCC1c2ccccc2-c2ccccc21)C(=O)OC(C)(C)C. The minimum atomic E-state index is -1.02. The summed E-state index contributed by atoms with van der Waals surface area (Å²) >= 11 is 0. The first-order valence-electron chi connectivity index (χ1n) is 12.2. The van der Waals surface area contributed by atoms with Crippen LogP contribution in [0.5, 0.6) is 0 Å². The molecule has 0 spiro atoms. The highest BCUT2D eigenvalue weighted by atomic mass is 16.6. The number of carbonyl (C=O) groups is 2. The van der Waals surface area contributed by atoms with Crippen molar-refractivity contribution < 1.29 is 23.8 Å². The van der Waals surface area contributed by atoms with Crippen LogP contribution in [0.25, 0.3) is 11.1 Å². The van der Waals surface area contributed by atoms with Gasteiger partial charge in [0.2, 0.25) is 0 Å². The molecule has 0 fully saturated rings. The summed E-state index contributed by atoms with van der Waals surface area (Å²) in [7, 11) is 0. The topological polar surface area (TPSA) is 73.9 Å². The molecular weight excluding hydrogens is 454 g/mol. The van der Waals surface area contributed by atoms with E-state index in [0.29, 0.717) is 6.61 Å². The second kappa shape index (κ2) is 11.0. The van der Waals surface area contributed by atoms with Crippen molar-refractivity contribution in [1.82, 2.24) is 5.32 Å². The second-order valence-electron chi connectivity index (χ2n) is 9.98. The molecule has 6 heteroatoms. The van der Waals surface area contributed by atoms with Crippen molar-refractivity contribution in [3.05, 3.63) is 95.6 Å². The molecule has 6 nitrogen and oxygen atoms in total. The number of esters is 1. The van der Waals surface area contributed by atoms with Gasteiger partial charge in [0, 0.05) is 5.92 Å². The van der Waals surface area contributed by atoms with E-state index in [0.717, 1.165) is 27.8 Å². The monoisotopic (exact) mass is 487 g/mol. The summed E-state index contributed by atoms with van der Waals surface area (Å²) < 4.78 is 17.1. The first-order chi connectivity index (χ1) is 17.2. The number of nitrogens with one attached hydrogen (secondary N) is 1. The van der Waals surface area contributed by atoms with Gasteiger partial charge < -0.3 is 19.5 Å². The van der Waals surface area contributed by atoms with Gasteiger partial charge in [0.05, 0.1) is 12.7 Å². The quantitative estimate of drug-likeness (QED) is 0.404. The van der Waals surface area contributed by atoms with Crippen LogP contribution in [0.2, 0.25) is 0 Å². The summed E-state index contributed by atoms with van der Waals surface area (Å²) in [5.41, 5.74) is 4.79. The van der Waals surface area contributed by atoms with Crippen molar-refractivity contribution in [2.24, 2.45) is 0 Å². The predicted octanol–water partition coefficient (Wildman–Crippen LogP) is 5.84. The predicted molar refractivity (Wildman–Crippen MR) is 139 cm³/mol. The van der Waals surface area contributed by atoms with E-state index in [2.05, 4.69) is 29.6 Å². The molecule has 0 aromatic heterocycles. The Balaban J connectivity index is 1.43. The van der Waals surface area contributed by atoms with Gasteiger partial charge in [0.1, 0.15) is 12.2 Å². The fourth-order valence-electron chi connectivity index (χ4n) is 4.40. The maximum atomic E-state index is 13.0. The molecule has 1 aliphatic carbocycles. The molecule has 1 amide bonds. The number of fused-ring (bicyclic) bond motifs is 3. The van der Waals surface area contributed by atoms with Crippen molar-refractivity contribution >= 4 is 12.1 Å². The zero-order chi connectivity index (χ0) is 25.7. The molecule has 1 aliphatic rings. The van der Waals surface area contributed by atoms with E-state index in [1.807, 2.05) is 54.6 Å². The Labute approximate surface area is 212 Å². The summed E-state index contributed by atoms with van der Waals surface area (Å²) in [6.07, 6.45) is -1.33. The summed E-state index contributed by atoms with van der Waals surface area (Å²) in [6, 6.07) is 24.9. The fourth-order valence-corrected chi connectivity index (χ4v) is 4.40. The molecule has 3 aromatic carbocycles. The summed E-state index contributed by atoms with van der Waals surface area (Å²) in [6.45, 7) is 7.54. The highest BCUT2D eigenvalue weighted by Gasteiger charge is 2.34. The standard InChI is InChI=1S/C30H33NO5/c1-20(34-18-21-12-6-5-7-13-21)27(28(32)36-30(2,3)4)31-29(33)35-19-26-24-16-10-8-14-22(24)23-15-9-11-17-25(23)26/h5-17,20,26-27H,18-19H2,1-4H3,(H,31,33)/t20-,27+/m1/s1. The Morgan fingerprint density at radius 3 is 2.00 bits per heavy atom. The number of ether oxygens (including phenoxy) is 3. The maximum absolute atomic E-state index is 13.0. The van der Waals surface area contributed by atoms with Crippen LogP contribution in [0.1, 0.15) is 50.3 Å². The molecule has 0 unspecified atom stereocenters. The Morgan fingerprint density at radius 2 is 1.42 bits per heavy atom. The fraction of sp³-hybridized carbons (Fsp3) is 0.333. The molecule has 3 aromatic rings. The van der Waals surface area contributed by atoms with Crippen molar-refractivity contribution in [1.29, 1.82) is 0 Å². The van der Waals surface area contributed by atoms with E-state index in [1.165, 1.54) is 0 Å². The van der Waals surface area contributed by atoms with Crippen LogP contribution in [-0.4, -0.2) is 36.4 Å². The first-order valence-corrected chi connectivity index (χ1v) is 12.2. The van der Waals surface area contributed by atoms with Gasteiger partial charge in [0.15, 0.2) is 6.04 Å². The first kappa shape index (κ1) is 25.5. The van der Waals surface area contributed by atoms with Gasteiger partial charge in [-0.05, 0) is 55.5 Å². The van der Waals surface area contributed by atoms with Crippen LogP contribution < -0.4 is 5.32 Å². The molecule has 0 aliphatic heterocycles. The summed E-state index contributed by atoms with van der Waals surface area (Å²) in [4.78, 5) is 25.8. The number of hydrogen-bond acceptors (Lipinski definition) is 5. The van der Waals surface area contributed by atoms with Crippen LogP contribution in [0.3, 0.4) is 0 Å². The van der Waals surface area contributed by atoms with Crippen LogP contribution >= 0.6 is 0 Å². The molecular formula is C30H33NO5. The van der Waals surface area contributed by atoms with Gasteiger partial charge >= 0.3 is 12.1 Å². The van der Waals surface area contributed by atoms with Crippen molar-refractivity contribution in [3.63, 3.8) is 0 Å². The molecule has 188 valence electrons. The Hall–Kier alpha value is -3.64. The Morgan fingerprint density at radius 1 is 0.861 bits per heavy atom. The van der Waals surface area contributed by atoms with Gasteiger partial charge in [-0.1, -0.05) is 78.9 Å². The third-order valence-corrected chi connectivity index (χ3v) is 6.10. The van der Waals surface area contributed by atoms with E-state index in [-0.39, 0.29) is 12.5 Å². The molecule has 0 radical (unpaired) electrons. The van der Waals surface area contributed by atoms with Crippen LogP contribution in [0, 0.1) is 0 Å². The number of benzene rings is 3. The number of amides is 1. The number of alkyl carbamates (subject to hydrolysis) is 1. The van der Waals surface area contributed by atoms with E-state index in [1.54, 1.807) is 27.7 Å². The van der Waals surface area contributed by atoms with Crippen LogP contribution in [-0.2, 0) is 25.6 Å². The van der Waals surface area contributed by atoms with E-state index in [4.69, 9.17) is 14.2 Å². The van der Waals surface area contributed by atoms with Gasteiger partial charge in [-0.3, -0.25) is 0 Å². The second-order valence-corrected chi connectivity index (χ2v) is 9.98. The third kappa shape index (κ3) is 6.13. The van der Waals surface area contributed by atoms with E-state index in [9.17, 15) is 9.59 Å². The molecule has 0 heterocycles. The molecule has 2 atom stereocenters.